The second-order valence-electron chi connectivity index (χ2n) is 15.5. The lowest BCUT2D eigenvalue weighted by Gasteiger charge is -2.53. The van der Waals surface area contributed by atoms with Crippen LogP contribution >= 0.6 is 0 Å². The molecule has 0 radical (unpaired) electrons. The summed E-state index contributed by atoms with van der Waals surface area (Å²) in [4.78, 5) is 38.4. The maximum absolute atomic E-state index is 13.3. The van der Waals surface area contributed by atoms with E-state index in [9.17, 15) is 45.0 Å². The number of rotatable bonds is 17. The van der Waals surface area contributed by atoms with E-state index in [-0.39, 0.29) is 24.1 Å². The van der Waals surface area contributed by atoms with Crippen LogP contribution in [-0.2, 0) is 26.1 Å². The van der Waals surface area contributed by atoms with E-state index in [0.29, 0.717) is 0 Å². The summed E-state index contributed by atoms with van der Waals surface area (Å²) < 4.78 is 19.0. The van der Waals surface area contributed by atoms with Gasteiger partial charge in [0.1, 0.15) is 35.7 Å². The Hall–Kier alpha value is -4.25. The molecule has 7 N–H and O–H groups in total. The molecule has 320 valence electrons. The number of hydrogen-bond donors (Lipinski definition) is 7. The minimum atomic E-state index is -2.34. The van der Waals surface area contributed by atoms with E-state index in [1.54, 1.807) is 81.5 Å². The van der Waals surface area contributed by atoms with Gasteiger partial charge in [-0.1, -0.05) is 101 Å². The molecule has 0 bridgehead atoms. The molecule has 0 aliphatic carbocycles. The molecular formula is C44H62N2O12. The van der Waals surface area contributed by atoms with Crippen molar-refractivity contribution < 1.29 is 54.4 Å². The van der Waals surface area contributed by atoms with Crippen molar-refractivity contribution >= 4 is 11.7 Å². The van der Waals surface area contributed by atoms with Crippen LogP contribution in [0, 0.1) is 17.3 Å². The van der Waals surface area contributed by atoms with Gasteiger partial charge >= 0.3 is 0 Å². The van der Waals surface area contributed by atoms with E-state index < -0.39 is 94.9 Å². The maximum atomic E-state index is 13.3. The van der Waals surface area contributed by atoms with Gasteiger partial charge in [-0.3, -0.25) is 14.4 Å². The number of hydrogen-bond acceptors (Lipinski definition) is 12. The topological polar surface area (TPSA) is 217 Å². The third-order valence-electron chi connectivity index (χ3n) is 11.0. The highest BCUT2D eigenvalue weighted by Crippen LogP contribution is 2.44. The molecule has 58 heavy (non-hydrogen) atoms. The molecular weight excluding hydrogens is 748 g/mol. The van der Waals surface area contributed by atoms with E-state index in [4.69, 9.17) is 14.2 Å². The predicted molar refractivity (Wildman–Crippen MR) is 220 cm³/mol. The van der Waals surface area contributed by atoms with Crippen LogP contribution in [0.4, 0.5) is 0 Å². The predicted octanol–water partition coefficient (Wildman–Crippen LogP) is 3.09. The minimum absolute atomic E-state index is 0.0818. The van der Waals surface area contributed by atoms with Crippen molar-refractivity contribution in [2.75, 3.05) is 13.7 Å². The Balaban J connectivity index is 1.61. The van der Waals surface area contributed by atoms with Gasteiger partial charge in [0, 0.05) is 38.2 Å². The molecule has 3 heterocycles. The van der Waals surface area contributed by atoms with Crippen LogP contribution in [0.15, 0.2) is 101 Å². The molecule has 1 aromatic rings. The first-order chi connectivity index (χ1) is 27.3. The van der Waals surface area contributed by atoms with E-state index in [1.807, 2.05) is 26.8 Å². The Morgan fingerprint density at radius 2 is 1.67 bits per heavy atom. The zero-order valence-electron chi connectivity index (χ0n) is 34.9. The van der Waals surface area contributed by atoms with E-state index in [1.165, 1.54) is 44.0 Å². The molecule has 2 saturated heterocycles. The normalized spacial score (nSPS) is 29.9. The van der Waals surface area contributed by atoms with Gasteiger partial charge in [0.15, 0.2) is 5.78 Å². The number of nitrogens with one attached hydrogen (secondary N) is 1. The van der Waals surface area contributed by atoms with Crippen LogP contribution in [0.25, 0.3) is 0 Å². The highest BCUT2D eigenvalue weighted by Gasteiger charge is 2.60. The molecule has 1 amide bonds. The van der Waals surface area contributed by atoms with Crippen molar-refractivity contribution in [3.8, 4) is 5.75 Å². The molecule has 14 heteroatoms. The lowest BCUT2D eigenvalue weighted by Crippen LogP contribution is -2.69. The summed E-state index contributed by atoms with van der Waals surface area (Å²) in [6, 6.07) is 1.27. The summed E-state index contributed by atoms with van der Waals surface area (Å²) in [7, 11) is 3.01. The van der Waals surface area contributed by atoms with E-state index >= 15 is 0 Å². The number of aliphatic hydroxyl groups excluding tert-OH is 4. The van der Waals surface area contributed by atoms with Crippen LogP contribution in [0.2, 0.25) is 0 Å². The zero-order chi connectivity index (χ0) is 43.5. The Kier molecular flexibility index (Phi) is 17.5. The average molecular weight is 811 g/mol. The van der Waals surface area contributed by atoms with Crippen molar-refractivity contribution in [3.63, 3.8) is 0 Å². The van der Waals surface area contributed by atoms with Crippen LogP contribution < -0.4 is 10.9 Å². The summed E-state index contributed by atoms with van der Waals surface area (Å²) in [5.74, 6) is -5.51. The summed E-state index contributed by atoms with van der Waals surface area (Å²) in [6.45, 7) is 12.2. The van der Waals surface area contributed by atoms with Gasteiger partial charge in [-0.15, -0.1) is 0 Å². The summed E-state index contributed by atoms with van der Waals surface area (Å²) in [5, 5.41) is 68.0. The highest BCUT2D eigenvalue weighted by atomic mass is 16.7. The van der Waals surface area contributed by atoms with Crippen LogP contribution in [-0.4, -0.2) is 115 Å². The van der Waals surface area contributed by atoms with Crippen LogP contribution in [0.1, 0.15) is 65.2 Å². The van der Waals surface area contributed by atoms with Gasteiger partial charge < -0.3 is 54.7 Å². The molecule has 2 aliphatic rings. The molecule has 14 nitrogen and oxygen atoms in total. The summed E-state index contributed by atoms with van der Waals surface area (Å²) in [5.41, 5.74) is -0.881. The smallest absolute Gasteiger partial charge is 0.265 e. The van der Waals surface area contributed by atoms with Crippen molar-refractivity contribution in [2.45, 2.75) is 110 Å². The molecule has 3 rings (SSSR count). The third kappa shape index (κ3) is 10.9. The largest absolute Gasteiger partial charge is 0.507 e. The average Bonchev–Trinajstić information content (AvgIpc) is 3.46. The molecule has 0 saturated carbocycles. The number of nitrogens with zero attached hydrogens (tertiary/aromatic N) is 1. The number of pyridine rings is 1. The fourth-order valence-electron chi connectivity index (χ4n) is 7.27. The van der Waals surface area contributed by atoms with Crippen molar-refractivity contribution in [3.05, 3.63) is 112 Å². The molecule has 0 spiro atoms. The Morgan fingerprint density at radius 3 is 2.31 bits per heavy atom. The van der Waals surface area contributed by atoms with Crippen molar-refractivity contribution in [1.82, 2.24) is 9.88 Å². The number of carbonyl (C=O) groups is 2. The number of allylic oxidation sites excluding steroid dienone is 10. The number of methoxy groups -OCH3 is 1. The summed E-state index contributed by atoms with van der Waals surface area (Å²) in [6.07, 6.45) is 13.0. The SMILES string of the molecule is C/C=C/C=C/C1OC(O)([C@H](CC)C(=O)NC/C=C/C=C(\C)[C@H](OC)C(C)C2OC(/C=C/C=C/C=C(/C)C(=O)c3c(O)ccn(C)c3=O)[C@H](O)[C@@H]2O)C(O)C(O)C1(C)C. The third-order valence-corrected chi connectivity index (χ3v) is 11.0. The monoisotopic (exact) mass is 810 g/mol. The Labute approximate surface area is 340 Å². The van der Waals surface area contributed by atoms with E-state index in [0.717, 1.165) is 5.57 Å². The van der Waals surface area contributed by atoms with Crippen molar-refractivity contribution in [2.24, 2.45) is 24.3 Å². The first-order valence-corrected chi connectivity index (χ1v) is 19.5. The number of aryl methyl sites for hydroxylation is 1. The van der Waals surface area contributed by atoms with Gasteiger partial charge in [-0.25, -0.2) is 0 Å². The van der Waals surface area contributed by atoms with Gasteiger partial charge in [0.05, 0.1) is 30.3 Å². The standard InChI is InChI=1S/C44H62N2O12/c1-10-12-14-22-32-43(6,7)39(51)40(52)44(55,58-32)29(11-2)41(53)45-24-18-17-20-27(4)37(56-9)28(5)38-36(50)35(49)31(57-38)21-16-13-15-19-26(3)34(48)33-30(47)23-25-46(8)42(33)54/h10,12-23,25,28-29,31-32,35-40,47,49-52,55H,11,24H2,1-9H3,(H,45,53)/b12-10+,15-13+,18-17+,21-16+,22-14+,26-19-,27-20+/t28?,29-,31?,32?,35+,36+,37+,38?,39?,40?,44?/m1/s1. The molecule has 11 atom stereocenters. The number of ether oxygens (including phenoxy) is 3. The van der Waals surface area contributed by atoms with Gasteiger partial charge in [-0.2, -0.15) is 0 Å². The lowest BCUT2D eigenvalue weighted by molar-refractivity contribution is -0.359. The molecule has 2 aliphatic heterocycles. The summed E-state index contributed by atoms with van der Waals surface area (Å²) >= 11 is 0. The molecule has 1 aromatic heterocycles. The highest BCUT2D eigenvalue weighted by molar-refractivity contribution is 6.09. The number of aliphatic hydroxyl groups is 5. The van der Waals surface area contributed by atoms with Crippen LogP contribution in [0.3, 0.4) is 0 Å². The fraction of sp³-hybridized carbons (Fsp3) is 0.523. The molecule has 0 aromatic carbocycles. The van der Waals surface area contributed by atoms with E-state index in [2.05, 4.69) is 5.32 Å². The number of carbonyl (C=O) groups excluding carboxylic acids is 2. The number of amides is 1. The first-order valence-electron chi connectivity index (χ1n) is 19.5. The lowest BCUT2D eigenvalue weighted by atomic mass is 9.71. The maximum Gasteiger partial charge on any atom is 0.265 e. The first kappa shape index (κ1) is 48.1. The van der Waals surface area contributed by atoms with Gasteiger partial charge in [0.25, 0.3) is 5.56 Å². The van der Waals surface area contributed by atoms with Crippen molar-refractivity contribution in [1.29, 1.82) is 0 Å². The Morgan fingerprint density at radius 1 is 1.00 bits per heavy atom. The second-order valence-corrected chi connectivity index (χ2v) is 15.5. The van der Waals surface area contributed by atoms with Gasteiger partial charge in [0.2, 0.25) is 11.7 Å². The minimum Gasteiger partial charge on any atom is -0.507 e. The van der Waals surface area contributed by atoms with Gasteiger partial charge in [-0.05, 0) is 44.4 Å². The number of aromatic hydroxyl groups is 1. The quantitative estimate of drug-likeness (QED) is 0.0687. The van der Waals surface area contributed by atoms with Crippen LogP contribution in [0.5, 0.6) is 5.75 Å². The second kappa shape index (κ2) is 21.1. The number of ketones is 1. The zero-order valence-corrected chi connectivity index (χ0v) is 34.9. The molecule has 2 fully saturated rings. The number of aromatic nitrogens is 1. The molecule has 7 unspecified atom stereocenters. The fourth-order valence-corrected chi connectivity index (χ4v) is 7.27. The number of Topliss-reactive ketones (excluding diaryl/α,β-unsaturated/α-hetero) is 1. The Bertz CT molecular complexity index is 1860.